The molecule has 4 heteroatoms. The molecule has 1 N–H and O–H groups in total. The van der Waals surface area contributed by atoms with E-state index in [1.165, 1.54) is 0 Å². The summed E-state index contributed by atoms with van der Waals surface area (Å²) in [6.07, 6.45) is 3.63. The molecule has 2 nitrogen and oxygen atoms in total. The minimum atomic E-state index is -0.510. The molecule has 0 amide bonds. The molecule has 0 aliphatic carbocycles. The summed E-state index contributed by atoms with van der Waals surface area (Å²) in [4.78, 5) is 12.6. The predicted octanol–water partition coefficient (Wildman–Crippen LogP) is 4.29. The van der Waals surface area contributed by atoms with Crippen molar-refractivity contribution >= 4 is 28.5 Å². The molecule has 1 rings (SSSR count). The first-order chi connectivity index (χ1) is 8.61. The van der Waals surface area contributed by atoms with Crippen molar-refractivity contribution in [2.24, 2.45) is 0 Å². The van der Waals surface area contributed by atoms with E-state index < -0.39 is 6.10 Å². The van der Waals surface area contributed by atoms with E-state index in [1.807, 2.05) is 12.1 Å². The second kappa shape index (κ2) is 8.57. The largest absolute Gasteiger partial charge is 0.393 e. The molecule has 0 aromatic heterocycles. The van der Waals surface area contributed by atoms with Gasteiger partial charge in [0, 0.05) is 16.3 Å². The van der Waals surface area contributed by atoms with Crippen molar-refractivity contribution in [2.45, 2.75) is 50.0 Å². The number of hydrogen-bond donors (Lipinski definition) is 1. The topological polar surface area (TPSA) is 37.3 Å². The van der Waals surface area contributed by atoms with E-state index >= 15 is 0 Å². The van der Waals surface area contributed by atoms with E-state index in [0.29, 0.717) is 11.4 Å². The second-order valence-electron chi connectivity index (χ2n) is 4.28. The van der Waals surface area contributed by atoms with Gasteiger partial charge in [0.1, 0.15) is 0 Å². The highest BCUT2D eigenvalue weighted by atomic mass is 35.5. The molecule has 0 fully saturated rings. The van der Waals surface area contributed by atoms with E-state index in [1.54, 1.807) is 12.1 Å². The molecule has 1 atom stereocenters. The van der Waals surface area contributed by atoms with Crippen LogP contribution in [0.3, 0.4) is 0 Å². The molecule has 0 radical (unpaired) electrons. The first-order valence-electron chi connectivity index (χ1n) is 6.26. The molecular weight excluding hydrogens is 268 g/mol. The van der Waals surface area contributed by atoms with E-state index in [9.17, 15) is 9.90 Å². The zero-order valence-electron chi connectivity index (χ0n) is 10.6. The lowest BCUT2D eigenvalue weighted by molar-refractivity contribution is -0.112. The summed E-state index contributed by atoms with van der Waals surface area (Å²) in [6, 6.07) is 7.15. The summed E-state index contributed by atoms with van der Waals surface area (Å²) in [6.45, 7) is 2.12. The van der Waals surface area contributed by atoms with Crippen LogP contribution in [0.25, 0.3) is 0 Å². The number of benzene rings is 1. The summed E-state index contributed by atoms with van der Waals surface area (Å²) >= 11 is 6.93. The lowest BCUT2D eigenvalue weighted by atomic mass is 10.1. The van der Waals surface area contributed by atoms with Gasteiger partial charge in [-0.1, -0.05) is 49.5 Å². The standard InChI is InChI=1S/C14H19ClO2S/c1-2-3-4-5-12(16)10-14(17)18-13-8-6-11(15)7-9-13/h6-9,12,16H,2-5,10H2,1H3. The van der Waals surface area contributed by atoms with Gasteiger partial charge in [-0.2, -0.15) is 0 Å². The van der Waals surface area contributed by atoms with E-state index in [0.717, 1.165) is 35.9 Å². The molecule has 0 aliphatic rings. The van der Waals surface area contributed by atoms with Crippen LogP contribution in [0.5, 0.6) is 0 Å². The third kappa shape index (κ3) is 6.43. The van der Waals surface area contributed by atoms with Crippen LogP contribution >= 0.6 is 23.4 Å². The SMILES string of the molecule is CCCCCC(O)CC(=O)Sc1ccc(Cl)cc1. The first-order valence-corrected chi connectivity index (χ1v) is 7.45. The van der Waals surface area contributed by atoms with Gasteiger partial charge in [0.25, 0.3) is 0 Å². The quantitative estimate of drug-likeness (QED) is 0.600. The van der Waals surface area contributed by atoms with E-state index in [-0.39, 0.29) is 11.5 Å². The van der Waals surface area contributed by atoms with Gasteiger partial charge in [0.05, 0.1) is 6.10 Å². The molecule has 18 heavy (non-hydrogen) atoms. The lowest BCUT2D eigenvalue weighted by Crippen LogP contribution is -2.11. The third-order valence-electron chi connectivity index (χ3n) is 2.59. The van der Waals surface area contributed by atoms with Crippen LogP contribution in [0.15, 0.2) is 29.2 Å². The Morgan fingerprint density at radius 3 is 2.61 bits per heavy atom. The van der Waals surface area contributed by atoms with Gasteiger partial charge in [-0.3, -0.25) is 4.79 Å². The smallest absolute Gasteiger partial charge is 0.196 e. The molecule has 0 spiro atoms. The van der Waals surface area contributed by atoms with Crippen molar-refractivity contribution in [1.82, 2.24) is 0 Å². The summed E-state index contributed by atoms with van der Waals surface area (Å²) in [5.41, 5.74) is 0. The van der Waals surface area contributed by atoms with Crippen LogP contribution in [-0.4, -0.2) is 16.3 Å². The highest BCUT2D eigenvalue weighted by molar-refractivity contribution is 8.13. The molecule has 1 aromatic rings. The van der Waals surface area contributed by atoms with Crippen molar-refractivity contribution in [3.8, 4) is 0 Å². The molecule has 0 bridgehead atoms. The van der Waals surface area contributed by atoms with Crippen LogP contribution in [0.2, 0.25) is 5.02 Å². The molecule has 100 valence electrons. The summed E-state index contributed by atoms with van der Waals surface area (Å²) in [5.74, 6) is 0. The van der Waals surface area contributed by atoms with Crippen LogP contribution < -0.4 is 0 Å². The Labute approximate surface area is 118 Å². The Morgan fingerprint density at radius 2 is 2.00 bits per heavy atom. The number of rotatable bonds is 7. The molecule has 0 aliphatic heterocycles. The van der Waals surface area contributed by atoms with Gasteiger partial charge in [0.2, 0.25) is 0 Å². The lowest BCUT2D eigenvalue weighted by Gasteiger charge is -2.08. The van der Waals surface area contributed by atoms with Crippen molar-refractivity contribution in [3.63, 3.8) is 0 Å². The number of carbonyl (C=O) groups is 1. The maximum atomic E-state index is 11.7. The number of unbranched alkanes of at least 4 members (excludes halogenated alkanes) is 2. The normalized spacial score (nSPS) is 12.4. The average molecular weight is 287 g/mol. The fraction of sp³-hybridized carbons (Fsp3) is 0.500. The maximum absolute atomic E-state index is 11.7. The summed E-state index contributed by atoms with van der Waals surface area (Å²) < 4.78 is 0. The number of aliphatic hydroxyl groups excluding tert-OH is 1. The number of hydrogen-bond acceptors (Lipinski definition) is 3. The monoisotopic (exact) mass is 286 g/mol. The number of aliphatic hydroxyl groups is 1. The third-order valence-corrected chi connectivity index (χ3v) is 3.74. The van der Waals surface area contributed by atoms with Crippen molar-refractivity contribution in [3.05, 3.63) is 29.3 Å². The molecule has 0 saturated carbocycles. The van der Waals surface area contributed by atoms with Crippen molar-refractivity contribution < 1.29 is 9.90 Å². The fourth-order valence-corrected chi connectivity index (χ4v) is 2.54. The number of thioether (sulfide) groups is 1. The van der Waals surface area contributed by atoms with Gasteiger partial charge in [-0.05, 0) is 30.7 Å². The van der Waals surface area contributed by atoms with Gasteiger partial charge in [-0.15, -0.1) is 0 Å². The van der Waals surface area contributed by atoms with E-state index in [4.69, 9.17) is 11.6 Å². The molecule has 1 unspecified atom stereocenters. The van der Waals surface area contributed by atoms with Gasteiger partial charge in [-0.25, -0.2) is 0 Å². The van der Waals surface area contributed by atoms with Crippen LogP contribution in [0.4, 0.5) is 0 Å². The molecular formula is C14H19ClO2S. The zero-order valence-corrected chi connectivity index (χ0v) is 12.1. The van der Waals surface area contributed by atoms with Gasteiger partial charge < -0.3 is 5.11 Å². The highest BCUT2D eigenvalue weighted by Crippen LogP contribution is 2.23. The van der Waals surface area contributed by atoms with Crippen molar-refractivity contribution in [1.29, 1.82) is 0 Å². The second-order valence-corrected chi connectivity index (χ2v) is 5.85. The minimum Gasteiger partial charge on any atom is -0.393 e. The Kier molecular flexibility index (Phi) is 7.40. The van der Waals surface area contributed by atoms with E-state index in [2.05, 4.69) is 6.92 Å². The summed E-state index contributed by atoms with van der Waals surface area (Å²) in [5, 5.41) is 10.4. The minimum absolute atomic E-state index is 0.00122. The Hall–Kier alpha value is -0.510. The Bertz CT molecular complexity index is 365. The Balaban J connectivity index is 2.30. The van der Waals surface area contributed by atoms with Crippen LogP contribution in [0, 0.1) is 0 Å². The summed E-state index contributed by atoms with van der Waals surface area (Å²) in [7, 11) is 0. The predicted molar refractivity (Wildman–Crippen MR) is 77.1 cm³/mol. The Morgan fingerprint density at radius 1 is 1.33 bits per heavy atom. The molecule has 0 saturated heterocycles. The average Bonchev–Trinajstić information content (AvgIpc) is 2.32. The van der Waals surface area contributed by atoms with Gasteiger partial charge >= 0.3 is 0 Å². The van der Waals surface area contributed by atoms with Crippen molar-refractivity contribution in [2.75, 3.05) is 0 Å². The molecule has 0 heterocycles. The number of halogens is 1. The maximum Gasteiger partial charge on any atom is 0.196 e. The van der Waals surface area contributed by atoms with Crippen LogP contribution in [-0.2, 0) is 4.79 Å². The highest BCUT2D eigenvalue weighted by Gasteiger charge is 2.11. The first kappa shape index (κ1) is 15.5. The molecule has 1 aromatic carbocycles. The van der Waals surface area contributed by atoms with Crippen LogP contribution in [0.1, 0.15) is 39.0 Å². The zero-order chi connectivity index (χ0) is 13.4. The fourth-order valence-electron chi connectivity index (χ4n) is 1.60. The number of carbonyl (C=O) groups excluding carboxylic acids is 1. The van der Waals surface area contributed by atoms with Gasteiger partial charge in [0.15, 0.2) is 5.12 Å².